The molecule has 45 heavy (non-hydrogen) atoms. The molecule has 7 rings (SSSR count). The van der Waals surface area contributed by atoms with Crippen molar-refractivity contribution in [3.63, 3.8) is 0 Å². The maximum absolute atomic E-state index is 15.8. The molecule has 2 fully saturated rings. The van der Waals surface area contributed by atoms with Gasteiger partial charge in [-0.1, -0.05) is 0 Å². The van der Waals surface area contributed by atoms with Gasteiger partial charge in [0.1, 0.15) is 18.5 Å². The molecule has 0 saturated carbocycles. The Labute approximate surface area is 248 Å². The summed E-state index contributed by atoms with van der Waals surface area (Å²) in [6, 6.07) is -0.800. The van der Waals surface area contributed by atoms with Crippen LogP contribution in [0.5, 0.6) is 5.75 Å². The summed E-state index contributed by atoms with van der Waals surface area (Å²) in [6.07, 6.45) is -1.29. The number of aliphatic hydroxyl groups excluding tert-OH is 1. The van der Waals surface area contributed by atoms with E-state index in [1.54, 1.807) is 0 Å². The summed E-state index contributed by atoms with van der Waals surface area (Å²) in [4.78, 5) is 78.3. The molecule has 4 aliphatic heterocycles. The largest absolute Gasteiger partial charge is 0.663 e. The first-order valence-electron chi connectivity index (χ1n) is 12.6. The number of carbonyl (C=O) groups excluding carboxylic acids is 1. The summed E-state index contributed by atoms with van der Waals surface area (Å²) in [7, 11) is -10.1. The van der Waals surface area contributed by atoms with Crippen molar-refractivity contribution in [1.82, 2.24) is 35.5 Å². The zero-order valence-electron chi connectivity index (χ0n) is 22.1. The van der Waals surface area contributed by atoms with E-state index in [2.05, 4.69) is 30.9 Å². The van der Waals surface area contributed by atoms with Crippen molar-refractivity contribution in [2.45, 2.75) is 24.9 Å². The zero-order valence-corrected chi connectivity index (χ0v) is 23.9. The van der Waals surface area contributed by atoms with Crippen LogP contribution in [0.4, 0.5) is 16.2 Å². The van der Waals surface area contributed by atoms with Crippen LogP contribution in [-0.4, -0.2) is 81.8 Å². The number of nitrogens with two attached hydrogens (primary N) is 1. The Bertz CT molecular complexity index is 1840. The lowest BCUT2D eigenvalue weighted by Crippen LogP contribution is -2.62. The lowest BCUT2D eigenvalue weighted by molar-refractivity contribution is -0.124. The van der Waals surface area contributed by atoms with E-state index in [0.29, 0.717) is 6.26 Å². The van der Waals surface area contributed by atoms with Crippen LogP contribution in [0, 0.1) is 5.82 Å². The van der Waals surface area contributed by atoms with Gasteiger partial charge in [0.2, 0.25) is 23.6 Å². The summed E-state index contributed by atoms with van der Waals surface area (Å²) in [6.45, 7) is -1.04. The number of hydrogen-bond donors (Lipinski definition) is 10. The topological polar surface area (TPSA) is 306 Å². The minimum Gasteiger partial charge on any atom is -0.435 e. The fourth-order valence-electron chi connectivity index (χ4n) is 4.84. The molecule has 0 aromatic carbocycles. The first-order valence-corrected chi connectivity index (χ1v) is 15.6. The van der Waals surface area contributed by atoms with Crippen LogP contribution in [0.15, 0.2) is 33.3 Å². The molecule has 11 N–H and O–H groups in total. The fourth-order valence-corrected chi connectivity index (χ4v) is 6.32. The summed E-state index contributed by atoms with van der Waals surface area (Å²) >= 11 is 0. The molecule has 3 aromatic heterocycles. The molecule has 0 radical (unpaired) electrons. The Morgan fingerprint density at radius 2 is 1.93 bits per heavy atom. The predicted octanol–water partition coefficient (Wildman–Crippen LogP) is -2.50. The first kappa shape index (κ1) is 29.6. The highest BCUT2D eigenvalue weighted by Crippen LogP contribution is 2.60. The molecule has 240 valence electrons. The highest BCUT2D eigenvalue weighted by atomic mass is 31.2. The molecule has 2 bridgehead atoms. The van der Waals surface area contributed by atoms with Crippen molar-refractivity contribution in [2.75, 3.05) is 24.0 Å². The molecule has 0 aliphatic carbocycles. The van der Waals surface area contributed by atoms with Crippen molar-refractivity contribution in [1.29, 1.82) is 0 Å². The molecule has 0 spiro atoms. The Hall–Kier alpha value is -4.15. The second-order valence-corrected chi connectivity index (χ2v) is 12.4. The average molecular weight is 677 g/mol. The number of anilines is 2. The van der Waals surface area contributed by atoms with Gasteiger partial charge in [-0.2, -0.15) is 28.9 Å². The van der Waals surface area contributed by atoms with Gasteiger partial charge in [0.05, 0.1) is 13.3 Å². The number of nitrogens with one attached hydrogen (secondary N) is 4. The highest BCUT2D eigenvalue weighted by molar-refractivity contribution is 7.55. The summed E-state index contributed by atoms with van der Waals surface area (Å²) < 4.78 is 48.1. The van der Waals surface area contributed by atoms with E-state index in [1.165, 1.54) is 4.90 Å². The van der Waals surface area contributed by atoms with E-state index in [4.69, 9.17) is 33.0 Å². The third kappa shape index (κ3) is 5.10. The van der Waals surface area contributed by atoms with Gasteiger partial charge in [0.15, 0.2) is 41.7 Å². The predicted molar refractivity (Wildman–Crippen MR) is 144 cm³/mol. The number of carbonyl (C=O) groups is 1. The Morgan fingerprint density at radius 1 is 1.13 bits per heavy atom. The number of amides is 1. The smallest absolute Gasteiger partial charge is 0.435 e. The Morgan fingerprint density at radius 3 is 2.73 bits per heavy atom. The second-order valence-electron chi connectivity index (χ2n) is 9.62. The number of hydrogen-bond acceptors (Lipinski definition) is 19. The molecule has 3 aromatic rings. The number of ether oxygens (including phenoxy) is 1. The fraction of sp³-hybridized carbons (Fsp3) is 0.300. The number of imidazole rings is 1. The number of rotatable bonds is 2. The number of nitrogen functional groups attached to an aromatic ring is 1. The molecule has 2 saturated heterocycles. The summed E-state index contributed by atoms with van der Waals surface area (Å²) in [5.41, 5.74) is 4.47. The second kappa shape index (κ2) is 10.5. The van der Waals surface area contributed by atoms with Gasteiger partial charge < -0.3 is 30.2 Å². The molecule has 25 heteroatoms. The van der Waals surface area contributed by atoms with E-state index in [0.717, 1.165) is 10.9 Å². The van der Waals surface area contributed by atoms with Crippen molar-refractivity contribution >= 4 is 51.1 Å². The summed E-state index contributed by atoms with van der Waals surface area (Å²) in [5.74, 6) is -5.93. The number of H-pyrrole nitrogens is 1. The van der Waals surface area contributed by atoms with Crippen molar-refractivity contribution in [2.24, 2.45) is 0 Å². The number of furan rings is 1. The number of fused-ring (bicyclic) bond motifs is 5. The molecule has 1 amide bonds. The maximum Gasteiger partial charge on any atom is 0.663 e. The summed E-state index contributed by atoms with van der Waals surface area (Å²) in [5, 5.41) is 19.3. The van der Waals surface area contributed by atoms with Gasteiger partial charge in [0, 0.05) is 0 Å². The molecule has 3 atom stereocenters. The SMILES string of the molecule is Nc1nc2c(ncn2C2=C3O[P+](O)(O)OCc4oc(N5CN[C@H]6C(=O)NCNC65)c(F)c4O[P+](O)(O)O/C=C(/O2)[C@H]3O)c(=O)[nH]1. The van der Waals surface area contributed by atoms with E-state index in [9.17, 15) is 34.3 Å². The third-order valence-electron chi connectivity index (χ3n) is 6.80. The number of halogens is 1. The number of nitrogens with zero attached hydrogens (tertiary/aromatic N) is 4. The molecule has 4 aliphatic rings. The van der Waals surface area contributed by atoms with Crippen LogP contribution in [0.1, 0.15) is 5.76 Å². The van der Waals surface area contributed by atoms with Gasteiger partial charge in [-0.05, 0) is 0 Å². The first-order chi connectivity index (χ1) is 21.3. The van der Waals surface area contributed by atoms with Crippen molar-refractivity contribution in [3.8, 4) is 5.75 Å². The van der Waals surface area contributed by atoms with Crippen LogP contribution in [0.2, 0.25) is 0 Å². The minimum atomic E-state index is -5.05. The monoisotopic (exact) mass is 677 g/mol. The number of aromatic amines is 1. The van der Waals surface area contributed by atoms with Gasteiger partial charge in [-0.3, -0.25) is 34.3 Å². The quantitative estimate of drug-likeness (QED) is 0.125. The Kier molecular flexibility index (Phi) is 6.87. The van der Waals surface area contributed by atoms with Crippen LogP contribution in [0.3, 0.4) is 0 Å². The standard InChI is InChI=1S/C20H20FN9O13P2/c21-8-12-7(41-18(8)29-4-25-9-14(29)23-3-24-16(9)32)2-39-45(36,37)43-13-11(31)6(1-38-44(34,35)42-12)40-19(13)30-5-26-10-15(30)27-20(22)28-17(10)33/h1,5,9,11,14,23,25,31,34-37H,2-4H2,(H2-2,22,24,27,28,32,33)/p+2/b6-1+/t9-,11-,14?/m1/s1. The van der Waals surface area contributed by atoms with E-state index in [-0.39, 0.29) is 36.4 Å². The van der Waals surface area contributed by atoms with Crippen molar-refractivity contribution in [3.05, 3.63) is 46.0 Å². The molecule has 7 heterocycles. The van der Waals surface area contributed by atoms with Crippen LogP contribution in [0.25, 0.3) is 17.0 Å². The lowest BCUT2D eigenvalue weighted by atomic mass is 10.2. The zero-order chi connectivity index (χ0) is 31.8. The normalized spacial score (nSPS) is 27.0. The van der Waals surface area contributed by atoms with Crippen LogP contribution >= 0.6 is 16.3 Å². The lowest BCUT2D eigenvalue weighted by Gasteiger charge is -2.30. The number of aliphatic hydroxyl groups is 1. The van der Waals surface area contributed by atoms with Gasteiger partial charge >= 0.3 is 16.3 Å². The van der Waals surface area contributed by atoms with Gasteiger partial charge in [-0.25, -0.2) is 14.1 Å². The van der Waals surface area contributed by atoms with E-state index < -0.39 is 87.4 Å². The third-order valence-corrected chi connectivity index (χ3v) is 8.50. The van der Waals surface area contributed by atoms with Gasteiger partial charge in [-0.15, -0.1) is 4.52 Å². The highest BCUT2D eigenvalue weighted by Gasteiger charge is 2.53. The number of aromatic nitrogens is 4. The Balaban J connectivity index is 1.27. The van der Waals surface area contributed by atoms with Crippen molar-refractivity contribution < 1.29 is 61.1 Å². The maximum atomic E-state index is 15.8. The van der Waals surface area contributed by atoms with Gasteiger partial charge in [0.25, 0.3) is 23.0 Å². The molecule has 22 nitrogen and oxygen atoms in total. The van der Waals surface area contributed by atoms with E-state index in [1.807, 2.05) is 0 Å². The molecular formula is C20H22FN9O13P2+2. The molecular weight excluding hydrogens is 655 g/mol. The minimum absolute atomic E-state index is 0.0597. The molecule has 1 unspecified atom stereocenters. The van der Waals surface area contributed by atoms with Crippen LogP contribution in [-0.2, 0) is 29.7 Å². The average Bonchev–Trinajstić information content (AvgIpc) is 3.72. The van der Waals surface area contributed by atoms with Crippen LogP contribution < -0.4 is 36.7 Å². The van der Waals surface area contributed by atoms with E-state index >= 15 is 4.39 Å².